The summed E-state index contributed by atoms with van der Waals surface area (Å²) < 4.78 is 22.2. The fourth-order valence-corrected chi connectivity index (χ4v) is 3.06. The summed E-state index contributed by atoms with van der Waals surface area (Å²) in [6.07, 6.45) is -4.26. The second kappa shape index (κ2) is 13.4. The third kappa shape index (κ3) is 7.51. The number of carbonyl (C=O) groups is 3. The van der Waals surface area contributed by atoms with Gasteiger partial charge in [0.05, 0.1) is 0 Å². The molecule has 34 heavy (non-hydrogen) atoms. The molecule has 6 atom stereocenters. The van der Waals surface area contributed by atoms with Gasteiger partial charge in [-0.15, -0.1) is 0 Å². The summed E-state index contributed by atoms with van der Waals surface area (Å²) in [7, 11) is 0. The second-order valence-corrected chi connectivity index (χ2v) is 8.70. The van der Waals surface area contributed by atoms with E-state index in [1.807, 2.05) is 13.8 Å². The zero-order valence-electron chi connectivity index (χ0n) is 21.2. The van der Waals surface area contributed by atoms with Gasteiger partial charge in [0.2, 0.25) is 0 Å². The Hall–Kier alpha value is -2.49. The molecule has 1 fully saturated rings. The average molecular weight is 483 g/mol. The predicted octanol–water partition coefficient (Wildman–Crippen LogP) is 2.40. The molecule has 0 aliphatic heterocycles. The third-order valence-electron chi connectivity index (χ3n) is 5.61. The molecule has 1 saturated carbocycles. The van der Waals surface area contributed by atoms with Gasteiger partial charge in [-0.05, 0) is 47.5 Å². The highest BCUT2D eigenvalue weighted by atomic mass is 16.6. The topological polar surface area (TPSA) is 129 Å². The van der Waals surface area contributed by atoms with Crippen molar-refractivity contribution >= 4 is 17.9 Å². The maximum Gasteiger partial charge on any atom is 0.333 e. The van der Waals surface area contributed by atoms with Crippen LogP contribution in [0.15, 0.2) is 34.9 Å². The largest absolute Gasteiger partial charge is 0.453 e. The SMILES string of the molecule is CC=C(C)C(=O)O[C@@H]1[C@@H](O)[C@H](OC(=O)/C(C)=C\C)[C@@H](OC(=O)C(C)=CC)[C@H](O)[C@@H]1OCC(C)C. The molecule has 9 nitrogen and oxygen atoms in total. The van der Waals surface area contributed by atoms with Crippen molar-refractivity contribution in [3.05, 3.63) is 34.9 Å². The molecule has 0 spiro atoms. The molecule has 0 aromatic rings. The van der Waals surface area contributed by atoms with Gasteiger partial charge in [0.1, 0.15) is 18.3 Å². The van der Waals surface area contributed by atoms with E-state index < -0.39 is 54.5 Å². The van der Waals surface area contributed by atoms with Crippen molar-refractivity contribution in [1.29, 1.82) is 0 Å². The molecule has 0 aromatic carbocycles. The van der Waals surface area contributed by atoms with Crippen LogP contribution in [-0.2, 0) is 33.3 Å². The number of ether oxygens (including phenoxy) is 4. The number of esters is 3. The van der Waals surface area contributed by atoms with E-state index in [0.29, 0.717) is 0 Å². The zero-order valence-corrected chi connectivity index (χ0v) is 21.2. The first-order valence-electron chi connectivity index (χ1n) is 11.4. The van der Waals surface area contributed by atoms with Crippen LogP contribution in [0, 0.1) is 5.92 Å². The predicted molar refractivity (Wildman–Crippen MR) is 125 cm³/mol. The van der Waals surface area contributed by atoms with E-state index in [4.69, 9.17) is 18.9 Å². The number of carbonyl (C=O) groups excluding carboxylic acids is 3. The molecule has 192 valence electrons. The van der Waals surface area contributed by atoms with Crippen molar-refractivity contribution in [3.63, 3.8) is 0 Å². The molecule has 0 bridgehead atoms. The van der Waals surface area contributed by atoms with Crippen LogP contribution in [0.5, 0.6) is 0 Å². The van der Waals surface area contributed by atoms with Crippen LogP contribution in [-0.4, -0.2) is 71.4 Å². The highest BCUT2D eigenvalue weighted by molar-refractivity contribution is 5.89. The second-order valence-electron chi connectivity index (χ2n) is 8.70. The highest BCUT2D eigenvalue weighted by Crippen LogP contribution is 2.32. The Morgan fingerprint density at radius 2 is 0.971 bits per heavy atom. The van der Waals surface area contributed by atoms with Gasteiger partial charge in [-0.3, -0.25) is 0 Å². The Labute approximate surface area is 201 Å². The van der Waals surface area contributed by atoms with Crippen molar-refractivity contribution in [2.24, 2.45) is 5.92 Å². The van der Waals surface area contributed by atoms with E-state index in [9.17, 15) is 24.6 Å². The summed E-state index contributed by atoms with van der Waals surface area (Å²) in [6, 6.07) is 0. The summed E-state index contributed by atoms with van der Waals surface area (Å²) in [5.74, 6) is -2.21. The van der Waals surface area contributed by atoms with Gasteiger partial charge in [0, 0.05) is 23.3 Å². The van der Waals surface area contributed by atoms with Crippen LogP contribution >= 0.6 is 0 Å². The Morgan fingerprint density at radius 3 is 1.26 bits per heavy atom. The first-order valence-corrected chi connectivity index (χ1v) is 11.4. The minimum atomic E-state index is -1.65. The lowest BCUT2D eigenvalue weighted by atomic mass is 9.84. The monoisotopic (exact) mass is 482 g/mol. The third-order valence-corrected chi connectivity index (χ3v) is 5.61. The van der Waals surface area contributed by atoms with Gasteiger partial charge >= 0.3 is 17.9 Å². The van der Waals surface area contributed by atoms with Crippen molar-refractivity contribution in [3.8, 4) is 0 Å². The van der Waals surface area contributed by atoms with Crippen LogP contribution in [0.25, 0.3) is 0 Å². The summed E-state index contributed by atoms with van der Waals surface area (Å²) in [6.45, 7) is 13.4. The van der Waals surface area contributed by atoms with E-state index >= 15 is 0 Å². The molecule has 1 aliphatic rings. The standard InChI is InChI=1S/C25H38O9/c1-9-14(6)23(28)32-20-18(27)22(34-25(30)16(8)11-3)21(33-24(29)15(7)10-2)17(26)19(20)31-12-13(4)5/h9-11,13,17-22,26-27H,12H2,1-8H3/b14-9?,15-10?,16-11-/t17-,18-,19+,20-,21+,22+/m1/s1. The molecule has 9 heteroatoms. The van der Waals surface area contributed by atoms with Crippen molar-refractivity contribution in [2.75, 3.05) is 6.61 Å². The van der Waals surface area contributed by atoms with E-state index in [0.717, 1.165) is 0 Å². The lowest BCUT2D eigenvalue weighted by Gasteiger charge is -2.45. The zero-order chi connectivity index (χ0) is 26.2. The molecule has 1 aliphatic carbocycles. The average Bonchev–Trinajstić information content (AvgIpc) is 2.81. The minimum absolute atomic E-state index is 0.0529. The lowest BCUT2D eigenvalue weighted by molar-refractivity contribution is -0.253. The first kappa shape index (κ1) is 29.5. The van der Waals surface area contributed by atoms with Gasteiger partial charge in [-0.2, -0.15) is 0 Å². The normalized spacial score (nSPS) is 28.5. The van der Waals surface area contributed by atoms with Crippen LogP contribution in [0.1, 0.15) is 55.4 Å². The minimum Gasteiger partial charge on any atom is -0.453 e. The number of aliphatic hydroxyl groups is 2. The highest BCUT2D eigenvalue weighted by Gasteiger charge is 2.56. The molecule has 0 heterocycles. The number of aliphatic hydroxyl groups excluding tert-OH is 2. The molecular weight excluding hydrogens is 444 g/mol. The lowest BCUT2D eigenvalue weighted by Crippen LogP contribution is -2.67. The fraction of sp³-hybridized carbons (Fsp3) is 0.640. The summed E-state index contributed by atoms with van der Waals surface area (Å²) in [4.78, 5) is 37.5. The Bertz CT molecular complexity index is 824. The molecule has 0 amide bonds. The van der Waals surface area contributed by atoms with Crippen molar-refractivity contribution < 1.29 is 43.5 Å². The summed E-state index contributed by atoms with van der Waals surface area (Å²) in [5, 5.41) is 22.4. The van der Waals surface area contributed by atoms with E-state index in [-0.39, 0.29) is 29.2 Å². The van der Waals surface area contributed by atoms with Crippen LogP contribution < -0.4 is 0 Å². The first-order chi connectivity index (χ1) is 15.9. The van der Waals surface area contributed by atoms with Gasteiger partial charge in [0.25, 0.3) is 0 Å². The quantitative estimate of drug-likeness (QED) is 0.289. The van der Waals surface area contributed by atoms with E-state index in [1.165, 1.54) is 39.0 Å². The number of hydrogen-bond acceptors (Lipinski definition) is 9. The number of hydrogen-bond donors (Lipinski definition) is 2. The Morgan fingerprint density at radius 1 is 0.676 bits per heavy atom. The molecular formula is C25H38O9. The van der Waals surface area contributed by atoms with Crippen LogP contribution in [0.2, 0.25) is 0 Å². The van der Waals surface area contributed by atoms with Crippen molar-refractivity contribution in [1.82, 2.24) is 0 Å². The fourth-order valence-electron chi connectivity index (χ4n) is 3.06. The number of rotatable bonds is 9. The molecule has 0 radical (unpaired) electrons. The van der Waals surface area contributed by atoms with Gasteiger partial charge in [-0.1, -0.05) is 32.1 Å². The Balaban J connectivity index is 3.47. The molecule has 2 N–H and O–H groups in total. The van der Waals surface area contributed by atoms with E-state index in [2.05, 4.69) is 0 Å². The number of allylic oxidation sites excluding steroid dienone is 3. The smallest absolute Gasteiger partial charge is 0.333 e. The molecule has 0 unspecified atom stereocenters. The summed E-state index contributed by atoms with van der Waals surface area (Å²) in [5.41, 5.74) is 0.779. The maximum atomic E-state index is 12.5. The maximum absolute atomic E-state index is 12.5. The van der Waals surface area contributed by atoms with Gasteiger partial charge in [0.15, 0.2) is 18.3 Å². The molecule has 1 rings (SSSR count). The van der Waals surface area contributed by atoms with Crippen molar-refractivity contribution in [2.45, 2.75) is 92.0 Å². The Kier molecular flexibility index (Phi) is 11.7. The van der Waals surface area contributed by atoms with Gasteiger partial charge in [-0.25, -0.2) is 14.4 Å². The van der Waals surface area contributed by atoms with Gasteiger partial charge < -0.3 is 29.2 Å². The van der Waals surface area contributed by atoms with Crippen LogP contribution in [0.3, 0.4) is 0 Å². The molecule has 0 saturated heterocycles. The molecule has 0 aromatic heterocycles. The summed E-state index contributed by atoms with van der Waals surface area (Å²) >= 11 is 0. The van der Waals surface area contributed by atoms with Crippen LogP contribution in [0.4, 0.5) is 0 Å². The van der Waals surface area contributed by atoms with E-state index in [1.54, 1.807) is 20.8 Å².